The van der Waals surface area contributed by atoms with E-state index in [1.165, 1.54) is 199 Å². The predicted molar refractivity (Wildman–Crippen MR) is 310 cm³/mol. The molecule has 0 radical (unpaired) electrons. The topological polar surface area (TPSA) is 95.9 Å². The van der Waals surface area contributed by atoms with Crippen molar-refractivity contribution in [3.8, 4) is 0 Å². The Balaban J connectivity index is 4.56. The number of hydrogen-bond donors (Lipinski definition) is 3. The lowest BCUT2D eigenvalue weighted by Crippen LogP contribution is -2.46. The van der Waals surface area contributed by atoms with Gasteiger partial charge in [-0.05, 0) is 89.9 Å². The summed E-state index contributed by atoms with van der Waals surface area (Å²) >= 11 is 0. The molecule has 0 aliphatic heterocycles. The molecule has 3 unspecified atom stereocenters. The van der Waals surface area contributed by atoms with E-state index in [1.807, 2.05) is 0 Å². The van der Waals surface area contributed by atoms with Gasteiger partial charge >= 0.3 is 5.97 Å². The minimum absolute atomic E-state index is 0.0639. The molecule has 0 saturated heterocycles. The second-order valence-electron chi connectivity index (χ2n) is 21.5. The third kappa shape index (κ3) is 53.9. The molecule has 416 valence electrons. The lowest BCUT2D eigenvalue weighted by atomic mass is 10.0. The average Bonchev–Trinajstić information content (AvgIpc) is 3.36. The van der Waals surface area contributed by atoms with Crippen LogP contribution in [0.15, 0.2) is 48.6 Å². The molecule has 0 aromatic heterocycles. The minimum Gasteiger partial charge on any atom is -0.462 e. The van der Waals surface area contributed by atoms with E-state index in [0.29, 0.717) is 19.3 Å². The molecule has 3 atom stereocenters. The molecule has 1 amide bonds. The molecule has 6 nitrogen and oxygen atoms in total. The van der Waals surface area contributed by atoms with Crippen molar-refractivity contribution in [2.24, 2.45) is 0 Å². The van der Waals surface area contributed by atoms with Crippen LogP contribution in [0.1, 0.15) is 329 Å². The maximum atomic E-state index is 13.3. The number of hydrogen-bond acceptors (Lipinski definition) is 5. The molecule has 0 aromatic rings. The van der Waals surface area contributed by atoms with Crippen molar-refractivity contribution in [1.82, 2.24) is 5.32 Å². The van der Waals surface area contributed by atoms with Crippen molar-refractivity contribution < 1.29 is 24.5 Å². The fourth-order valence-corrected chi connectivity index (χ4v) is 9.61. The predicted octanol–water partition coefficient (Wildman–Crippen LogP) is 19.7. The first-order valence-electron chi connectivity index (χ1n) is 31.4. The maximum Gasteiger partial charge on any atom is 0.306 e. The third-order valence-electron chi connectivity index (χ3n) is 14.4. The summed E-state index contributed by atoms with van der Waals surface area (Å²) in [6.07, 6.45) is 73.2. The lowest BCUT2D eigenvalue weighted by molar-refractivity contribution is -0.151. The van der Waals surface area contributed by atoms with Gasteiger partial charge in [0.2, 0.25) is 5.91 Å². The van der Waals surface area contributed by atoms with E-state index in [4.69, 9.17) is 4.74 Å². The first-order valence-corrected chi connectivity index (χ1v) is 31.4. The molecule has 0 saturated carbocycles. The summed E-state index contributed by atoms with van der Waals surface area (Å²) in [6, 6.07) is -0.711. The van der Waals surface area contributed by atoms with Crippen molar-refractivity contribution in [1.29, 1.82) is 0 Å². The van der Waals surface area contributed by atoms with Crippen LogP contribution >= 0.6 is 0 Å². The molecular weight excluding hydrogens is 875 g/mol. The summed E-state index contributed by atoms with van der Waals surface area (Å²) in [5.74, 6) is -0.483. The van der Waals surface area contributed by atoms with Crippen LogP contribution in [0, 0.1) is 0 Å². The van der Waals surface area contributed by atoms with Crippen molar-refractivity contribution in [2.45, 2.75) is 347 Å². The normalized spacial score (nSPS) is 13.4. The minimum atomic E-state index is -0.796. The van der Waals surface area contributed by atoms with E-state index in [2.05, 4.69) is 74.7 Å². The average molecular weight is 997 g/mol. The molecule has 3 N–H and O–H groups in total. The standard InChI is InChI=1S/C65H121NO5/c1-4-7-10-13-16-19-22-25-28-31-32-34-37-40-43-46-49-52-55-58-65(70)71-61(56-53-50-47-44-41-38-35-33-29-26-23-20-17-14-11-8-5-2)59-64(69)66-62(60-67)63(68)57-54-51-48-45-42-39-36-30-27-24-21-18-15-12-9-6-3/h17,20,25-26,28-29,35,38,61-63,67-68H,4-16,18-19,21-24,27,30-34,36-37,39-60H2,1-3H3,(H,66,69)/b20-17-,28-25+,29-26-,38-35-. The lowest BCUT2D eigenvalue weighted by Gasteiger charge is -2.24. The Hall–Kier alpha value is -2.18. The summed E-state index contributed by atoms with van der Waals surface area (Å²) in [6.45, 7) is 6.49. The molecular formula is C65H121NO5. The monoisotopic (exact) mass is 996 g/mol. The Labute approximate surface area is 442 Å². The fourth-order valence-electron chi connectivity index (χ4n) is 9.61. The molecule has 0 spiro atoms. The highest BCUT2D eigenvalue weighted by atomic mass is 16.5. The number of aliphatic hydroxyl groups is 2. The van der Waals surface area contributed by atoms with E-state index in [0.717, 1.165) is 83.5 Å². The highest BCUT2D eigenvalue weighted by Crippen LogP contribution is 2.19. The number of ether oxygens (including phenoxy) is 1. The molecule has 71 heavy (non-hydrogen) atoms. The number of allylic oxidation sites excluding steroid dienone is 8. The summed E-state index contributed by atoms with van der Waals surface area (Å²) < 4.78 is 5.98. The molecule has 0 rings (SSSR count). The van der Waals surface area contributed by atoms with E-state index in [9.17, 15) is 19.8 Å². The van der Waals surface area contributed by atoms with Crippen molar-refractivity contribution in [3.63, 3.8) is 0 Å². The van der Waals surface area contributed by atoms with Crippen LogP contribution < -0.4 is 5.32 Å². The van der Waals surface area contributed by atoms with Crippen LogP contribution in [0.25, 0.3) is 0 Å². The largest absolute Gasteiger partial charge is 0.462 e. The van der Waals surface area contributed by atoms with Gasteiger partial charge < -0.3 is 20.3 Å². The van der Waals surface area contributed by atoms with Gasteiger partial charge in [0.25, 0.3) is 0 Å². The van der Waals surface area contributed by atoms with E-state index >= 15 is 0 Å². The third-order valence-corrected chi connectivity index (χ3v) is 14.4. The van der Waals surface area contributed by atoms with Crippen molar-refractivity contribution in [2.75, 3.05) is 6.61 Å². The number of amides is 1. The Morgan fingerprint density at radius 1 is 0.408 bits per heavy atom. The second-order valence-corrected chi connectivity index (χ2v) is 21.5. The Kier molecular flexibility index (Phi) is 56.9. The quantitative estimate of drug-likeness (QED) is 0.0321. The Morgan fingerprint density at radius 2 is 0.718 bits per heavy atom. The summed E-state index contributed by atoms with van der Waals surface area (Å²) in [5, 5.41) is 24.0. The van der Waals surface area contributed by atoms with E-state index < -0.39 is 18.2 Å². The molecule has 0 aliphatic rings. The fraction of sp³-hybridized carbons (Fsp3) is 0.846. The van der Waals surface area contributed by atoms with Gasteiger partial charge in [-0.1, -0.05) is 275 Å². The zero-order valence-electron chi connectivity index (χ0n) is 47.6. The molecule has 6 heteroatoms. The van der Waals surface area contributed by atoms with Gasteiger partial charge in [0, 0.05) is 6.42 Å². The number of aliphatic hydroxyl groups excluding tert-OH is 2. The van der Waals surface area contributed by atoms with E-state index in [-0.39, 0.29) is 24.9 Å². The molecule has 0 aliphatic carbocycles. The molecule has 0 bridgehead atoms. The summed E-state index contributed by atoms with van der Waals surface area (Å²) in [7, 11) is 0. The highest BCUT2D eigenvalue weighted by Gasteiger charge is 2.24. The number of carbonyl (C=O) groups is 2. The number of esters is 1. The number of carbonyl (C=O) groups excluding carboxylic acids is 2. The second kappa shape index (κ2) is 58.7. The molecule has 0 aromatic carbocycles. The van der Waals surface area contributed by atoms with Gasteiger partial charge in [0.15, 0.2) is 0 Å². The van der Waals surface area contributed by atoms with Gasteiger partial charge in [-0.2, -0.15) is 0 Å². The number of unbranched alkanes of at least 4 members (excludes halogenated alkanes) is 37. The summed E-state index contributed by atoms with van der Waals surface area (Å²) in [4.78, 5) is 26.4. The number of nitrogens with one attached hydrogen (secondary N) is 1. The van der Waals surface area contributed by atoms with Gasteiger partial charge in [-0.3, -0.25) is 9.59 Å². The van der Waals surface area contributed by atoms with Gasteiger partial charge in [-0.25, -0.2) is 0 Å². The van der Waals surface area contributed by atoms with Crippen LogP contribution in [0.3, 0.4) is 0 Å². The smallest absolute Gasteiger partial charge is 0.306 e. The van der Waals surface area contributed by atoms with Gasteiger partial charge in [0.05, 0.1) is 25.2 Å². The van der Waals surface area contributed by atoms with Crippen LogP contribution in [-0.2, 0) is 14.3 Å². The first-order chi connectivity index (χ1) is 35.0. The Bertz CT molecular complexity index is 1210. The van der Waals surface area contributed by atoms with Crippen LogP contribution in [0.5, 0.6) is 0 Å². The molecule has 0 fully saturated rings. The van der Waals surface area contributed by atoms with Crippen LogP contribution in [0.2, 0.25) is 0 Å². The highest BCUT2D eigenvalue weighted by molar-refractivity contribution is 5.77. The SMILES string of the molecule is CCCCC/C=C\C/C=C\C/C=C\CCCCCCC(CC(=O)NC(CO)C(O)CCCCCCCCCCCCCCCCCC)OC(=O)CCCCCCCCCCC/C=C/CCCCCCCC. The Morgan fingerprint density at radius 3 is 1.13 bits per heavy atom. The zero-order valence-corrected chi connectivity index (χ0v) is 47.6. The zero-order chi connectivity index (χ0) is 51.6. The van der Waals surface area contributed by atoms with E-state index in [1.54, 1.807) is 0 Å². The molecule has 0 heterocycles. The maximum absolute atomic E-state index is 13.3. The first kappa shape index (κ1) is 68.8. The van der Waals surface area contributed by atoms with Crippen LogP contribution in [0.4, 0.5) is 0 Å². The summed E-state index contributed by atoms with van der Waals surface area (Å²) in [5.41, 5.74) is 0. The van der Waals surface area contributed by atoms with Crippen LogP contribution in [-0.4, -0.2) is 46.9 Å². The number of rotatable bonds is 57. The van der Waals surface area contributed by atoms with Gasteiger partial charge in [0.1, 0.15) is 6.10 Å². The van der Waals surface area contributed by atoms with Gasteiger partial charge in [-0.15, -0.1) is 0 Å². The van der Waals surface area contributed by atoms with Crippen molar-refractivity contribution in [3.05, 3.63) is 48.6 Å². The van der Waals surface area contributed by atoms with Crippen molar-refractivity contribution >= 4 is 11.9 Å².